The molecule has 2 atom stereocenters. The molecule has 6 nitrogen and oxygen atoms in total. The standard InChI is InChI=1S/C13H18N2O4/c1-2-10(9-6-4-3-5-7-9)15-13(19)14-8-11(16)12(17)18/h3-7,10-11,16H,2,8H2,1H3,(H,17,18)(H2,14,15,19)/t10?,11-/m0/s1. The molecular weight excluding hydrogens is 248 g/mol. The van der Waals surface area contributed by atoms with Crippen molar-refractivity contribution in [3.8, 4) is 0 Å². The number of carboxylic acids is 1. The minimum atomic E-state index is -1.59. The number of urea groups is 1. The highest BCUT2D eigenvalue weighted by Crippen LogP contribution is 2.15. The van der Waals surface area contributed by atoms with Crippen LogP contribution in [-0.4, -0.2) is 34.9 Å². The highest BCUT2D eigenvalue weighted by atomic mass is 16.4. The number of aliphatic carboxylic acids is 1. The van der Waals surface area contributed by atoms with E-state index >= 15 is 0 Å². The normalized spacial score (nSPS) is 13.4. The van der Waals surface area contributed by atoms with Crippen LogP contribution in [0.3, 0.4) is 0 Å². The Labute approximate surface area is 111 Å². The molecule has 0 aliphatic heterocycles. The number of nitrogens with one attached hydrogen (secondary N) is 2. The Bertz CT molecular complexity index is 422. The van der Waals surface area contributed by atoms with Crippen molar-refractivity contribution < 1.29 is 19.8 Å². The van der Waals surface area contributed by atoms with Crippen LogP contribution in [0, 0.1) is 0 Å². The van der Waals surface area contributed by atoms with Crippen LogP contribution in [0.5, 0.6) is 0 Å². The lowest BCUT2D eigenvalue weighted by Crippen LogP contribution is -2.43. The van der Waals surface area contributed by atoms with Gasteiger partial charge in [-0.1, -0.05) is 37.3 Å². The molecular formula is C13H18N2O4. The van der Waals surface area contributed by atoms with E-state index in [9.17, 15) is 9.59 Å². The molecule has 0 radical (unpaired) electrons. The molecule has 0 saturated heterocycles. The van der Waals surface area contributed by atoms with Gasteiger partial charge in [0.25, 0.3) is 0 Å². The molecule has 0 saturated carbocycles. The molecule has 0 bridgehead atoms. The van der Waals surface area contributed by atoms with Crippen molar-refractivity contribution in [2.24, 2.45) is 0 Å². The second kappa shape index (κ2) is 7.38. The Morgan fingerprint density at radius 1 is 1.26 bits per heavy atom. The van der Waals surface area contributed by atoms with Crippen LogP contribution >= 0.6 is 0 Å². The number of aliphatic hydroxyl groups is 1. The lowest BCUT2D eigenvalue weighted by molar-refractivity contribution is -0.146. The molecule has 1 unspecified atom stereocenters. The summed E-state index contributed by atoms with van der Waals surface area (Å²) in [6.07, 6.45) is -0.888. The summed E-state index contributed by atoms with van der Waals surface area (Å²) in [7, 11) is 0. The number of hydrogen-bond acceptors (Lipinski definition) is 3. The lowest BCUT2D eigenvalue weighted by atomic mass is 10.1. The maximum atomic E-state index is 11.6. The van der Waals surface area contributed by atoms with Gasteiger partial charge in [0.1, 0.15) is 0 Å². The van der Waals surface area contributed by atoms with Crippen LogP contribution in [0.15, 0.2) is 30.3 Å². The third-order valence-corrected chi connectivity index (χ3v) is 2.66. The van der Waals surface area contributed by atoms with Crippen molar-refractivity contribution in [3.05, 3.63) is 35.9 Å². The Morgan fingerprint density at radius 2 is 1.89 bits per heavy atom. The molecule has 1 aromatic rings. The summed E-state index contributed by atoms with van der Waals surface area (Å²) in [5, 5.41) is 22.6. The Kier molecular flexibility index (Phi) is 5.81. The third kappa shape index (κ3) is 4.97. The summed E-state index contributed by atoms with van der Waals surface area (Å²) in [6.45, 7) is 1.61. The van der Waals surface area contributed by atoms with Gasteiger partial charge in [0, 0.05) is 0 Å². The zero-order valence-electron chi connectivity index (χ0n) is 10.7. The summed E-state index contributed by atoms with van der Waals surface area (Å²) in [5.74, 6) is -1.37. The average Bonchev–Trinajstić information content (AvgIpc) is 2.42. The summed E-state index contributed by atoms with van der Waals surface area (Å²) in [5.41, 5.74) is 0.971. The zero-order valence-corrected chi connectivity index (χ0v) is 10.7. The van der Waals surface area contributed by atoms with Gasteiger partial charge in [0.15, 0.2) is 6.10 Å². The molecule has 19 heavy (non-hydrogen) atoms. The van der Waals surface area contributed by atoms with Gasteiger partial charge < -0.3 is 20.8 Å². The smallest absolute Gasteiger partial charge is 0.334 e. The first-order chi connectivity index (χ1) is 9.04. The fourth-order valence-corrected chi connectivity index (χ4v) is 1.59. The predicted octanol–water partition coefficient (Wildman–Crippen LogP) is 0.882. The van der Waals surface area contributed by atoms with Gasteiger partial charge in [-0.05, 0) is 12.0 Å². The maximum Gasteiger partial charge on any atom is 0.334 e. The number of benzene rings is 1. The average molecular weight is 266 g/mol. The molecule has 104 valence electrons. The molecule has 0 fully saturated rings. The van der Waals surface area contributed by atoms with Crippen LogP contribution in [0.2, 0.25) is 0 Å². The van der Waals surface area contributed by atoms with Crippen LogP contribution in [0.1, 0.15) is 24.9 Å². The monoisotopic (exact) mass is 266 g/mol. The number of amides is 2. The second-order valence-electron chi connectivity index (χ2n) is 4.08. The Hall–Kier alpha value is -2.08. The van der Waals surface area contributed by atoms with E-state index in [1.54, 1.807) is 0 Å². The van der Waals surface area contributed by atoms with Crippen molar-refractivity contribution in [3.63, 3.8) is 0 Å². The van der Waals surface area contributed by atoms with Gasteiger partial charge in [-0.2, -0.15) is 0 Å². The molecule has 0 spiro atoms. The van der Waals surface area contributed by atoms with Gasteiger partial charge in [-0.15, -0.1) is 0 Å². The number of carboxylic acid groups (broad SMARTS) is 1. The molecule has 0 aromatic heterocycles. The third-order valence-electron chi connectivity index (χ3n) is 2.66. The summed E-state index contributed by atoms with van der Waals surface area (Å²) < 4.78 is 0. The number of carbonyl (C=O) groups is 2. The van der Waals surface area contributed by atoms with Crippen LogP contribution in [0.4, 0.5) is 4.79 Å². The number of hydrogen-bond donors (Lipinski definition) is 4. The van der Waals surface area contributed by atoms with E-state index in [0.717, 1.165) is 5.56 Å². The summed E-state index contributed by atoms with van der Waals surface area (Å²) in [4.78, 5) is 22.0. The van der Waals surface area contributed by atoms with Gasteiger partial charge >= 0.3 is 12.0 Å². The van der Waals surface area contributed by atoms with Gasteiger partial charge in [-0.25, -0.2) is 9.59 Å². The first-order valence-corrected chi connectivity index (χ1v) is 6.04. The molecule has 6 heteroatoms. The fraction of sp³-hybridized carbons (Fsp3) is 0.385. The quantitative estimate of drug-likeness (QED) is 0.614. The fourth-order valence-electron chi connectivity index (χ4n) is 1.59. The van der Waals surface area contributed by atoms with E-state index < -0.39 is 18.1 Å². The van der Waals surface area contributed by atoms with Crippen LogP contribution in [0.25, 0.3) is 0 Å². The van der Waals surface area contributed by atoms with E-state index in [1.165, 1.54) is 0 Å². The van der Waals surface area contributed by atoms with Crippen molar-refractivity contribution in [1.29, 1.82) is 0 Å². The van der Waals surface area contributed by atoms with E-state index in [-0.39, 0.29) is 12.6 Å². The summed E-state index contributed by atoms with van der Waals surface area (Å²) in [6, 6.07) is 8.80. The van der Waals surface area contributed by atoms with E-state index in [1.807, 2.05) is 37.3 Å². The Morgan fingerprint density at radius 3 is 2.42 bits per heavy atom. The molecule has 1 aromatic carbocycles. The Balaban J connectivity index is 2.48. The molecule has 1 rings (SSSR count). The molecule has 2 amide bonds. The van der Waals surface area contributed by atoms with Crippen molar-refractivity contribution in [1.82, 2.24) is 10.6 Å². The number of rotatable bonds is 6. The molecule has 0 aliphatic rings. The molecule has 4 N–H and O–H groups in total. The zero-order chi connectivity index (χ0) is 14.3. The van der Waals surface area contributed by atoms with Gasteiger partial charge in [0.2, 0.25) is 0 Å². The number of carbonyl (C=O) groups excluding carboxylic acids is 1. The molecule has 0 aliphatic carbocycles. The van der Waals surface area contributed by atoms with E-state index in [2.05, 4.69) is 10.6 Å². The maximum absolute atomic E-state index is 11.6. The van der Waals surface area contributed by atoms with Gasteiger partial charge in [-0.3, -0.25) is 0 Å². The van der Waals surface area contributed by atoms with E-state index in [0.29, 0.717) is 6.42 Å². The van der Waals surface area contributed by atoms with Crippen LogP contribution in [-0.2, 0) is 4.79 Å². The first kappa shape index (κ1) is 15.0. The minimum absolute atomic E-state index is 0.150. The summed E-state index contributed by atoms with van der Waals surface area (Å²) >= 11 is 0. The van der Waals surface area contributed by atoms with Crippen molar-refractivity contribution in [2.75, 3.05) is 6.54 Å². The minimum Gasteiger partial charge on any atom is -0.479 e. The lowest BCUT2D eigenvalue weighted by Gasteiger charge is -2.18. The molecule has 0 heterocycles. The van der Waals surface area contributed by atoms with Crippen molar-refractivity contribution >= 4 is 12.0 Å². The van der Waals surface area contributed by atoms with Crippen molar-refractivity contribution in [2.45, 2.75) is 25.5 Å². The number of aliphatic hydroxyl groups excluding tert-OH is 1. The highest BCUT2D eigenvalue weighted by Gasteiger charge is 2.16. The topological polar surface area (TPSA) is 98.7 Å². The highest BCUT2D eigenvalue weighted by molar-refractivity contribution is 5.77. The van der Waals surface area contributed by atoms with E-state index in [4.69, 9.17) is 10.2 Å². The van der Waals surface area contributed by atoms with Crippen LogP contribution < -0.4 is 10.6 Å². The SMILES string of the molecule is CCC(NC(=O)NC[C@H](O)C(=O)O)c1ccccc1. The largest absolute Gasteiger partial charge is 0.479 e. The van der Waals surface area contributed by atoms with Gasteiger partial charge in [0.05, 0.1) is 12.6 Å². The second-order valence-corrected chi connectivity index (χ2v) is 4.08. The first-order valence-electron chi connectivity index (χ1n) is 6.04. The predicted molar refractivity (Wildman–Crippen MR) is 69.7 cm³/mol.